The minimum Gasteiger partial charge on any atom is -0.508 e. The Bertz CT molecular complexity index is 1830. The molecule has 1 saturated carbocycles. The van der Waals surface area contributed by atoms with Crippen molar-refractivity contribution in [2.45, 2.75) is 85.2 Å². The van der Waals surface area contributed by atoms with Gasteiger partial charge in [0.25, 0.3) is 0 Å². The zero-order chi connectivity index (χ0) is 33.9. The number of benzene rings is 2. The van der Waals surface area contributed by atoms with Gasteiger partial charge in [-0.15, -0.1) is 0 Å². The number of aromatic nitrogens is 2. The zero-order valence-electron chi connectivity index (χ0n) is 28.7. The lowest BCUT2D eigenvalue weighted by atomic mass is 9.70. The summed E-state index contributed by atoms with van der Waals surface area (Å²) < 4.78 is 35.8. The van der Waals surface area contributed by atoms with Crippen molar-refractivity contribution in [1.29, 1.82) is 5.41 Å². The molecule has 2 bridgehead atoms. The summed E-state index contributed by atoms with van der Waals surface area (Å²) in [5.74, 6) is 0.916. The number of nitrogens with zero attached hydrogens (tertiary/aromatic N) is 3. The number of rotatable bonds is 9. The second-order valence-corrected chi connectivity index (χ2v) is 14.9. The number of phenols is 1. The second kappa shape index (κ2) is 12.6. The van der Waals surface area contributed by atoms with Crippen LogP contribution in [0.15, 0.2) is 30.3 Å². The lowest BCUT2D eigenvalue weighted by Gasteiger charge is -2.39. The minimum absolute atomic E-state index is 0.0480. The van der Waals surface area contributed by atoms with Crippen LogP contribution in [-0.4, -0.2) is 59.2 Å². The van der Waals surface area contributed by atoms with Crippen molar-refractivity contribution in [1.82, 2.24) is 15.3 Å². The molecule has 0 spiro atoms. The van der Waals surface area contributed by atoms with E-state index >= 15 is 4.39 Å². The highest BCUT2D eigenvalue weighted by Crippen LogP contribution is 2.48. The monoisotopic (exact) mass is 655 g/mol. The van der Waals surface area contributed by atoms with Gasteiger partial charge in [0.2, 0.25) is 0 Å². The molecule has 2 saturated heterocycles. The third kappa shape index (κ3) is 5.57. The van der Waals surface area contributed by atoms with E-state index in [1.807, 2.05) is 13.8 Å². The molecule has 1 aromatic heterocycles. The molecule has 7 rings (SSSR count). The van der Waals surface area contributed by atoms with Crippen LogP contribution in [0.1, 0.15) is 89.1 Å². The van der Waals surface area contributed by atoms with Gasteiger partial charge in [-0.1, -0.05) is 46.3 Å². The van der Waals surface area contributed by atoms with Gasteiger partial charge in [0.1, 0.15) is 17.4 Å². The van der Waals surface area contributed by atoms with Crippen LogP contribution < -0.4 is 15.0 Å². The van der Waals surface area contributed by atoms with E-state index in [9.17, 15) is 14.9 Å². The number of aromatic hydroxyl groups is 1. The largest absolute Gasteiger partial charge is 0.508 e. The van der Waals surface area contributed by atoms with Gasteiger partial charge in [0.05, 0.1) is 30.3 Å². The van der Waals surface area contributed by atoms with Crippen LogP contribution in [0.4, 0.5) is 14.6 Å². The molecule has 48 heavy (non-hydrogen) atoms. The fourth-order valence-electron chi connectivity index (χ4n) is 7.99. The molecule has 2 aliphatic heterocycles. The number of phenolic OH excluding ortho intramolecular Hbond substituents is 1. The van der Waals surface area contributed by atoms with Crippen molar-refractivity contribution in [2.24, 2.45) is 17.3 Å². The number of allylic oxidation sites excluding steroid dienone is 4. The number of piperazine rings is 1. The molecular weight excluding hydrogens is 608 g/mol. The van der Waals surface area contributed by atoms with Crippen molar-refractivity contribution in [2.75, 3.05) is 31.3 Å². The maximum atomic E-state index is 15.3. The molecule has 0 amide bonds. The van der Waals surface area contributed by atoms with Gasteiger partial charge in [-0.25, -0.2) is 4.39 Å². The Labute approximate surface area is 282 Å². The summed E-state index contributed by atoms with van der Waals surface area (Å²) in [6, 6.07) is 7.34. The number of ether oxygens (including phenoxy) is 1. The van der Waals surface area contributed by atoms with Gasteiger partial charge < -0.3 is 20.1 Å². The first-order chi connectivity index (χ1) is 23.0. The maximum Gasteiger partial charge on any atom is 0.318 e. The minimum atomic E-state index is -0.495. The molecule has 254 valence electrons. The highest BCUT2D eigenvalue weighted by Gasteiger charge is 2.41. The number of hydrogen-bond donors (Lipinski definition) is 3. The molecule has 3 aromatic rings. The zero-order valence-corrected chi connectivity index (χ0v) is 28.7. The number of fused-ring (bicyclic) bond motifs is 4. The standard InChI is InChI=1S/C39H47F2N5O2/c1-6-28-31(41)11-8-24-15-27(47)16-29(33(24)28)32-23(5)36-34(30(35(32)42)14-22(4)21(2)3)37(46-17-25-9-10-26(18-46)43-25)45-38(44-36)48-20-39(19-40)12-7-13-39/h8,11,14-16,21-22,25-26,42-43,47H,6-7,9-10,12-13,17-20H2,1-5H3/b30-14-,42-35?. The van der Waals surface area contributed by atoms with Crippen LogP contribution >= 0.6 is 0 Å². The summed E-state index contributed by atoms with van der Waals surface area (Å²) in [6.07, 6.45) is 7.36. The highest BCUT2D eigenvalue weighted by atomic mass is 19.1. The normalized spacial score (nSPS) is 23.2. The Morgan fingerprint density at radius 2 is 1.88 bits per heavy atom. The molecule has 9 heteroatoms. The van der Waals surface area contributed by atoms with Crippen LogP contribution in [0.3, 0.4) is 0 Å². The Morgan fingerprint density at radius 1 is 1.15 bits per heavy atom. The molecule has 2 aliphatic carbocycles. The van der Waals surface area contributed by atoms with E-state index in [2.05, 4.69) is 37.1 Å². The molecule has 3 N–H and O–H groups in total. The van der Waals surface area contributed by atoms with Crippen LogP contribution in [0.5, 0.6) is 11.8 Å². The van der Waals surface area contributed by atoms with Gasteiger partial charge in [-0.05, 0) is 96.5 Å². The molecule has 3 fully saturated rings. The topological polar surface area (TPSA) is 94.4 Å². The molecule has 0 radical (unpaired) electrons. The lowest BCUT2D eigenvalue weighted by molar-refractivity contribution is 0.0279. The molecular formula is C39H47F2N5O2. The van der Waals surface area contributed by atoms with Crippen molar-refractivity contribution < 1.29 is 18.6 Å². The van der Waals surface area contributed by atoms with E-state index in [0.717, 1.165) is 67.7 Å². The van der Waals surface area contributed by atoms with Gasteiger partial charge in [0, 0.05) is 41.7 Å². The Kier molecular flexibility index (Phi) is 8.55. The van der Waals surface area contributed by atoms with Gasteiger partial charge in [-0.3, -0.25) is 9.80 Å². The van der Waals surface area contributed by atoms with Crippen molar-refractivity contribution in [3.8, 4) is 11.8 Å². The summed E-state index contributed by atoms with van der Waals surface area (Å²) in [7, 11) is 0. The van der Waals surface area contributed by atoms with E-state index in [-0.39, 0.29) is 30.1 Å². The maximum absolute atomic E-state index is 15.3. The van der Waals surface area contributed by atoms with Crippen LogP contribution in [0.25, 0.3) is 27.5 Å². The molecule has 3 heterocycles. The number of halogens is 2. The second-order valence-electron chi connectivity index (χ2n) is 14.9. The quantitative estimate of drug-likeness (QED) is 0.216. The third-order valence-electron chi connectivity index (χ3n) is 11.4. The average molecular weight is 656 g/mol. The van der Waals surface area contributed by atoms with E-state index in [1.54, 1.807) is 18.2 Å². The fraction of sp³-hybridized carbons (Fsp3) is 0.513. The summed E-state index contributed by atoms with van der Waals surface area (Å²) >= 11 is 0. The predicted octanol–water partition coefficient (Wildman–Crippen LogP) is 8.14. The number of anilines is 1. The van der Waals surface area contributed by atoms with E-state index < -0.39 is 12.1 Å². The molecule has 4 aliphatic rings. The number of nitrogens with one attached hydrogen (secondary N) is 2. The average Bonchev–Trinajstić information content (AvgIpc) is 3.39. The molecule has 7 nitrogen and oxygen atoms in total. The summed E-state index contributed by atoms with van der Waals surface area (Å²) in [5, 5.41) is 25.9. The highest BCUT2D eigenvalue weighted by molar-refractivity contribution is 6.50. The molecule has 3 unspecified atom stereocenters. The summed E-state index contributed by atoms with van der Waals surface area (Å²) in [4.78, 5) is 12.4. The van der Waals surface area contributed by atoms with Crippen LogP contribution in [0, 0.1) is 28.5 Å². The number of alkyl halides is 1. The SMILES string of the molecule is CCc1c(F)ccc2cc(O)cc(C3=C(C)c4nc(OCC5(CF)CCC5)nc(N5CC6CCC(C5)N6)c4/C(=C/C(C)C(C)C)C3=N)c12. The van der Waals surface area contributed by atoms with Gasteiger partial charge >= 0.3 is 6.01 Å². The van der Waals surface area contributed by atoms with Crippen molar-refractivity contribution in [3.05, 3.63) is 58.5 Å². The van der Waals surface area contributed by atoms with Crippen LogP contribution in [-0.2, 0) is 6.42 Å². The van der Waals surface area contributed by atoms with E-state index in [1.165, 1.54) is 6.07 Å². The predicted molar refractivity (Wildman–Crippen MR) is 189 cm³/mol. The van der Waals surface area contributed by atoms with Crippen LogP contribution in [0.2, 0.25) is 0 Å². The number of aryl methyl sites for hydroxylation is 1. The first-order valence-electron chi connectivity index (χ1n) is 17.6. The molecule has 3 atom stereocenters. The van der Waals surface area contributed by atoms with Gasteiger partial charge in [0.15, 0.2) is 0 Å². The number of hydrogen-bond acceptors (Lipinski definition) is 7. The van der Waals surface area contributed by atoms with E-state index in [4.69, 9.17) is 14.7 Å². The van der Waals surface area contributed by atoms with Crippen molar-refractivity contribution >= 4 is 39.0 Å². The third-order valence-corrected chi connectivity index (χ3v) is 11.4. The Balaban J connectivity index is 1.49. The van der Waals surface area contributed by atoms with Gasteiger partial charge in [-0.2, -0.15) is 9.97 Å². The first kappa shape index (κ1) is 32.7. The Hall–Kier alpha value is -3.85. The van der Waals surface area contributed by atoms with E-state index in [0.29, 0.717) is 63.3 Å². The summed E-state index contributed by atoms with van der Waals surface area (Å²) in [5.41, 5.74) is 4.47. The first-order valence-corrected chi connectivity index (χ1v) is 17.6. The Morgan fingerprint density at radius 3 is 2.50 bits per heavy atom. The fourth-order valence-corrected chi connectivity index (χ4v) is 7.99. The lowest BCUT2D eigenvalue weighted by Crippen LogP contribution is -2.51. The van der Waals surface area contributed by atoms with Crippen molar-refractivity contribution in [3.63, 3.8) is 0 Å². The molecule has 2 aromatic carbocycles. The smallest absolute Gasteiger partial charge is 0.318 e. The summed E-state index contributed by atoms with van der Waals surface area (Å²) in [6.45, 7) is 11.7.